The molecule has 0 saturated carbocycles. The van der Waals surface area contributed by atoms with Gasteiger partial charge in [0.15, 0.2) is 0 Å². The minimum atomic E-state index is -1.14. The van der Waals surface area contributed by atoms with E-state index in [1.807, 2.05) is 6.92 Å². The molecule has 0 atom stereocenters. The number of aromatic nitrogens is 1. The highest BCUT2D eigenvalue weighted by atomic mass is 16.4. The first-order chi connectivity index (χ1) is 7.63. The Morgan fingerprint density at radius 3 is 2.88 bits per heavy atom. The van der Waals surface area contributed by atoms with Gasteiger partial charge in [0.05, 0.1) is 12.5 Å². The summed E-state index contributed by atoms with van der Waals surface area (Å²) in [6, 6.07) is 5.00. The van der Waals surface area contributed by atoms with E-state index in [2.05, 4.69) is 10.7 Å². The van der Waals surface area contributed by atoms with Crippen LogP contribution in [0.4, 0.5) is 0 Å². The van der Waals surface area contributed by atoms with Crippen LogP contribution in [-0.2, 0) is 6.42 Å². The first kappa shape index (κ1) is 10.7. The van der Waals surface area contributed by atoms with Gasteiger partial charge in [0.2, 0.25) is 0 Å². The number of quaternary nitrogens is 1. The van der Waals surface area contributed by atoms with E-state index < -0.39 is 5.97 Å². The molecule has 2 aromatic rings. The van der Waals surface area contributed by atoms with Crippen molar-refractivity contribution in [2.75, 3.05) is 6.54 Å². The number of carboxylic acid groups (broad SMARTS) is 1. The van der Waals surface area contributed by atoms with Gasteiger partial charge in [-0.1, -0.05) is 6.07 Å². The summed E-state index contributed by atoms with van der Waals surface area (Å²) in [5.74, 6) is -1.14. The number of H-pyrrole nitrogens is 1. The van der Waals surface area contributed by atoms with Crippen molar-refractivity contribution in [1.82, 2.24) is 4.98 Å². The molecular weight excluding hydrogens is 204 g/mol. The molecule has 0 bridgehead atoms. The first-order valence-corrected chi connectivity index (χ1v) is 5.25. The highest BCUT2D eigenvalue weighted by molar-refractivity contribution is 5.94. The van der Waals surface area contributed by atoms with Crippen molar-refractivity contribution >= 4 is 16.9 Å². The number of fused-ring (bicyclic) bond motifs is 1. The molecule has 1 aromatic carbocycles. The van der Waals surface area contributed by atoms with Crippen LogP contribution in [0.2, 0.25) is 0 Å². The van der Waals surface area contributed by atoms with E-state index in [9.17, 15) is 9.90 Å². The maximum absolute atomic E-state index is 10.8. The van der Waals surface area contributed by atoms with E-state index in [0.29, 0.717) is 0 Å². The topological polar surface area (TPSA) is 83.6 Å². The summed E-state index contributed by atoms with van der Waals surface area (Å²) in [7, 11) is 0. The molecule has 0 aliphatic carbocycles. The Labute approximate surface area is 93.1 Å². The SMILES string of the molecule is Cc1[nH]c2ccc(C(=O)[O-])cc2c1CC[NH3+]. The highest BCUT2D eigenvalue weighted by Crippen LogP contribution is 2.23. The van der Waals surface area contributed by atoms with Gasteiger partial charge < -0.3 is 20.6 Å². The third-order valence-electron chi connectivity index (χ3n) is 2.78. The molecule has 84 valence electrons. The molecule has 0 amide bonds. The molecule has 4 heteroatoms. The van der Waals surface area contributed by atoms with Crippen LogP contribution in [-0.4, -0.2) is 17.5 Å². The van der Waals surface area contributed by atoms with Crippen molar-refractivity contribution in [3.8, 4) is 0 Å². The Morgan fingerprint density at radius 2 is 2.25 bits per heavy atom. The number of carboxylic acids is 1. The first-order valence-electron chi connectivity index (χ1n) is 5.25. The molecular formula is C12H14N2O2. The predicted molar refractivity (Wildman–Crippen MR) is 58.8 cm³/mol. The lowest BCUT2D eigenvalue weighted by Gasteiger charge is -2.03. The van der Waals surface area contributed by atoms with Gasteiger partial charge in [-0.15, -0.1) is 0 Å². The molecule has 0 saturated heterocycles. The summed E-state index contributed by atoms with van der Waals surface area (Å²) in [4.78, 5) is 14.0. The lowest BCUT2D eigenvalue weighted by molar-refractivity contribution is -0.366. The third-order valence-corrected chi connectivity index (χ3v) is 2.78. The minimum absolute atomic E-state index is 0.219. The van der Waals surface area contributed by atoms with Crippen LogP contribution in [0.5, 0.6) is 0 Å². The predicted octanol–water partition coefficient (Wildman–Crippen LogP) is -0.376. The van der Waals surface area contributed by atoms with Crippen LogP contribution in [0.25, 0.3) is 10.9 Å². The van der Waals surface area contributed by atoms with Gasteiger partial charge in [-0.05, 0) is 30.2 Å². The van der Waals surface area contributed by atoms with Gasteiger partial charge >= 0.3 is 0 Å². The van der Waals surface area contributed by atoms with E-state index in [1.165, 1.54) is 0 Å². The third kappa shape index (κ3) is 1.67. The molecule has 0 aliphatic rings. The molecule has 0 radical (unpaired) electrons. The van der Waals surface area contributed by atoms with Crippen molar-refractivity contribution in [3.63, 3.8) is 0 Å². The molecule has 0 fully saturated rings. The number of hydrogen-bond acceptors (Lipinski definition) is 2. The van der Waals surface area contributed by atoms with Crippen LogP contribution in [0.1, 0.15) is 21.6 Å². The van der Waals surface area contributed by atoms with Crippen LogP contribution in [0.15, 0.2) is 18.2 Å². The number of carbonyl (C=O) groups excluding carboxylic acids is 1. The molecule has 0 spiro atoms. The molecule has 0 unspecified atom stereocenters. The maximum Gasteiger partial charge on any atom is 0.0781 e. The Bertz CT molecular complexity index is 543. The standard InChI is InChI=1S/C12H14N2O2/c1-7-9(4-5-13)10-6-8(12(15)16)2-3-11(10)14-7/h2-3,6,14H,4-5,13H2,1H3,(H,15,16). The van der Waals surface area contributed by atoms with Gasteiger partial charge in [-0.2, -0.15) is 0 Å². The zero-order valence-electron chi connectivity index (χ0n) is 9.17. The Hall–Kier alpha value is -1.81. The zero-order chi connectivity index (χ0) is 11.7. The molecule has 2 rings (SSSR count). The van der Waals surface area contributed by atoms with Gasteiger partial charge in [0.25, 0.3) is 0 Å². The van der Waals surface area contributed by atoms with Gasteiger partial charge in [0.1, 0.15) is 0 Å². The molecule has 4 nitrogen and oxygen atoms in total. The van der Waals surface area contributed by atoms with Gasteiger partial charge in [-0.25, -0.2) is 0 Å². The second kappa shape index (κ2) is 3.98. The summed E-state index contributed by atoms with van der Waals surface area (Å²) in [6.45, 7) is 2.78. The van der Waals surface area contributed by atoms with E-state index in [1.54, 1.807) is 18.2 Å². The fraction of sp³-hybridized carbons (Fsp3) is 0.250. The Morgan fingerprint density at radius 1 is 1.50 bits per heavy atom. The Kier molecular flexibility index (Phi) is 2.66. The summed E-state index contributed by atoms with van der Waals surface area (Å²) < 4.78 is 0. The second-order valence-electron chi connectivity index (χ2n) is 3.88. The van der Waals surface area contributed by atoms with Crippen LogP contribution >= 0.6 is 0 Å². The molecule has 0 aliphatic heterocycles. The summed E-state index contributed by atoms with van der Waals surface area (Å²) in [5.41, 5.74) is 7.23. The van der Waals surface area contributed by atoms with Crippen molar-refractivity contribution in [3.05, 3.63) is 35.0 Å². The molecule has 1 heterocycles. The number of aryl methyl sites for hydroxylation is 1. The number of carbonyl (C=O) groups is 1. The highest BCUT2D eigenvalue weighted by Gasteiger charge is 2.08. The zero-order valence-corrected chi connectivity index (χ0v) is 9.17. The number of aromatic amines is 1. The van der Waals surface area contributed by atoms with Crippen LogP contribution < -0.4 is 10.8 Å². The molecule has 4 N–H and O–H groups in total. The van der Waals surface area contributed by atoms with Crippen molar-refractivity contribution < 1.29 is 15.6 Å². The van der Waals surface area contributed by atoms with Crippen molar-refractivity contribution in [1.29, 1.82) is 0 Å². The molecule has 1 aromatic heterocycles. The van der Waals surface area contributed by atoms with Gasteiger partial charge in [0, 0.05) is 23.0 Å². The minimum Gasteiger partial charge on any atom is -0.545 e. The quantitative estimate of drug-likeness (QED) is 0.736. The number of benzene rings is 1. The summed E-state index contributed by atoms with van der Waals surface area (Å²) >= 11 is 0. The lowest BCUT2D eigenvalue weighted by atomic mass is 10.1. The smallest absolute Gasteiger partial charge is 0.0781 e. The monoisotopic (exact) mass is 218 g/mol. The fourth-order valence-electron chi connectivity index (χ4n) is 2.01. The number of nitrogens with one attached hydrogen (secondary N) is 1. The average molecular weight is 218 g/mol. The number of hydrogen-bond donors (Lipinski definition) is 2. The van der Waals surface area contributed by atoms with Crippen molar-refractivity contribution in [2.45, 2.75) is 13.3 Å². The van der Waals surface area contributed by atoms with Crippen molar-refractivity contribution in [2.24, 2.45) is 0 Å². The van der Waals surface area contributed by atoms with E-state index in [0.717, 1.165) is 35.1 Å². The van der Waals surface area contributed by atoms with E-state index >= 15 is 0 Å². The fourth-order valence-corrected chi connectivity index (χ4v) is 2.01. The van der Waals surface area contributed by atoms with Gasteiger partial charge in [-0.3, -0.25) is 0 Å². The summed E-state index contributed by atoms with van der Waals surface area (Å²) in [6.07, 6.45) is 0.850. The van der Waals surface area contributed by atoms with Crippen LogP contribution in [0, 0.1) is 6.92 Å². The largest absolute Gasteiger partial charge is 0.545 e. The normalized spacial score (nSPS) is 10.9. The summed E-state index contributed by atoms with van der Waals surface area (Å²) in [5, 5.41) is 11.7. The number of rotatable bonds is 3. The second-order valence-corrected chi connectivity index (χ2v) is 3.88. The maximum atomic E-state index is 10.8. The number of aromatic carboxylic acids is 1. The van der Waals surface area contributed by atoms with E-state index in [4.69, 9.17) is 0 Å². The molecule has 16 heavy (non-hydrogen) atoms. The van der Waals surface area contributed by atoms with Crippen LogP contribution in [0.3, 0.4) is 0 Å². The Balaban J connectivity index is 2.64. The average Bonchev–Trinajstić information content (AvgIpc) is 2.55. The lowest BCUT2D eigenvalue weighted by Crippen LogP contribution is -2.51. The van der Waals surface area contributed by atoms with E-state index in [-0.39, 0.29) is 5.56 Å².